The minimum atomic E-state index is -1.46. The van der Waals surface area contributed by atoms with E-state index >= 15 is 0 Å². The molecule has 0 fully saturated rings. The van der Waals surface area contributed by atoms with E-state index in [0.717, 1.165) is 0 Å². The number of phenols is 3. The fourth-order valence-electron chi connectivity index (χ4n) is 6.46. The predicted octanol–water partition coefficient (Wildman–Crippen LogP) is 3.61. The van der Waals surface area contributed by atoms with Crippen molar-refractivity contribution in [1.29, 1.82) is 0 Å². The molecular formula is C38H38N4O9. The fraction of sp³-hybridized carbons (Fsp3) is 0.263. The van der Waals surface area contributed by atoms with Crippen LogP contribution in [0.15, 0.2) is 78.9 Å². The maximum atomic E-state index is 13.5. The Bertz CT molecular complexity index is 1940. The highest BCUT2D eigenvalue weighted by molar-refractivity contribution is 6.02. The van der Waals surface area contributed by atoms with Crippen LogP contribution in [0.4, 0.5) is 0 Å². The van der Waals surface area contributed by atoms with Crippen molar-refractivity contribution in [1.82, 2.24) is 20.9 Å². The molecule has 0 bridgehead atoms. The monoisotopic (exact) mass is 694 g/mol. The molecule has 0 radical (unpaired) electrons. The van der Waals surface area contributed by atoms with Crippen LogP contribution in [0.3, 0.4) is 0 Å². The van der Waals surface area contributed by atoms with E-state index in [1.54, 1.807) is 31.2 Å². The van der Waals surface area contributed by atoms with E-state index in [1.807, 2.05) is 11.8 Å². The summed E-state index contributed by atoms with van der Waals surface area (Å²) in [6, 6.07) is 19.5. The lowest BCUT2D eigenvalue weighted by Gasteiger charge is -2.36. The van der Waals surface area contributed by atoms with Gasteiger partial charge in [-0.3, -0.25) is 14.4 Å². The van der Waals surface area contributed by atoms with Crippen LogP contribution in [-0.4, -0.2) is 83.2 Å². The molecule has 1 spiro atoms. The van der Waals surface area contributed by atoms with E-state index in [2.05, 4.69) is 16.0 Å². The van der Waals surface area contributed by atoms with Gasteiger partial charge in [0.2, 0.25) is 5.91 Å². The molecule has 13 nitrogen and oxygen atoms in total. The first kappa shape index (κ1) is 34.8. The van der Waals surface area contributed by atoms with Gasteiger partial charge in [0.25, 0.3) is 11.8 Å². The summed E-state index contributed by atoms with van der Waals surface area (Å²) in [5, 5.41) is 38.3. The van der Waals surface area contributed by atoms with E-state index in [0.29, 0.717) is 55.0 Å². The highest BCUT2D eigenvalue weighted by Crippen LogP contribution is 2.57. The van der Waals surface area contributed by atoms with Crippen molar-refractivity contribution in [3.63, 3.8) is 0 Å². The Morgan fingerprint density at radius 2 is 1.33 bits per heavy atom. The lowest BCUT2D eigenvalue weighted by molar-refractivity contribution is -0.125. The first-order valence-corrected chi connectivity index (χ1v) is 16.6. The molecule has 0 aromatic heterocycles. The average molecular weight is 695 g/mol. The van der Waals surface area contributed by atoms with Gasteiger partial charge in [0.15, 0.2) is 5.60 Å². The molecule has 1 unspecified atom stereocenters. The standard InChI is InChI=1S/C38H38N4O9/c1-3-39-36(48)24(21-42(4-2)16-15-40-34(46)22-5-8-25(43)9-6-22)20-41-35(47)23-7-12-29-28(17-23)37(49)51-38(29)30-13-10-26(44)18-32(30)50-33-19-27(45)11-14-31(33)38/h5-14,17-19,24,43-45H,3-4,15-16,20-21H2,1-2H3,(H,39,48)(H,40,46)(H,41,47). The first-order valence-electron chi connectivity index (χ1n) is 16.6. The number of phenolic OH excluding ortho intramolecular Hbond substituents is 3. The van der Waals surface area contributed by atoms with E-state index in [-0.39, 0.29) is 58.2 Å². The van der Waals surface area contributed by atoms with Crippen molar-refractivity contribution in [2.45, 2.75) is 19.4 Å². The second kappa shape index (κ2) is 14.4. The van der Waals surface area contributed by atoms with Gasteiger partial charge in [-0.2, -0.15) is 0 Å². The maximum Gasteiger partial charge on any atom is 0.340 e. The van der Waals surface area contributed by atoms with Gasteiger partial charge in [-0.05, 0) is 74.1 Å². The molecule has 264 valence electrons. The van der Waals surface area contributed by atoms with Crippen molar-refractivity contribution in [2.75, 3.05) is 39.3 Å². The molecule has 51 heavy (non-hydrogen) atoms. The SMILES string of the molecule is CCNC(=O)C(CNC(=O)c1ccc2c(c1)C(=O)OC21c2ccc(O)cc2Oc2cc(O)ccc21)CN(CC)CCNC(=O)c1ccc(O)cc1. The molecule has 6 N–H and O–H groups in total. The molecule has 1 atom stereocenters. The molecule has 13 heteroatoms. The molecule has 6 rings (SSSR count). The number of hydrogen-bond donors (Lipinski definition) is 6. The summed E-state index contributed by atoms with van der Waals surface area (Å²) in [4.78, 5) is 54.5. The van der Waals surface area contributed by atoms with Gasteiger partial charge in [-0.15, -0.1) is 0 Å². The number of carbonyl (C=O) groups is 4. The Kier molecular flexibility index (Phi) is 9.83. The number of likely N-dealkylation sites (N-methyl/N-ethyl adjacent to an activating group) is 1. The van der Waals surface area contributed by atoms with Crippen LogP contribution in [-0.2, 0) is 15.1 Å². The van der Waals surface area contributed by atoms with E-state index in [1.165, 1.54) is 54.6 Å². The quantitative estimate of drug-likeness (QED) is 0.120. The van der Waals surface area contributed by atoms with E-state index < -0.39 is 23.4 Å². The zero-order valence-corrected chi connectivity index (χ0v) is 28.1. The van der Waals surface area contributed by atoms with Crippen LogP contribution in [0.5, 0.6) is 28.7 Å². The van der Waals surface area contributed by atoms with E-state index in [9.17, 15) is 34.5 Å². The van der Waals surface area contributed by atoms with Crippen LogP contribution < -0.4 is 20.7 Å². The molecule has 2 aliphatic heterocycles. The first-order chi connectivity index (χ1) is 24.5. The second-order valence-electron chi connectivity index (χ2n) is 12.3. The van der Waals surface area contributed by atoms with Crippen molar-refractivity contribution < 1.29 is 44.0 Å². The molecule has 0 saturated heterocycles. The molecular weight excluding hydrogens is 656 g/mol. The van der Waals surface area contributed by atoms with Crippen LogP contribution >= 0.6 is 0 Å². The number of rotatable bonds is 12. The maximum absolute atomic E-state index is 13.5. The van der Waals surface area contributed by atoms with Crippen LogP contribution in [0.25, 0.3) is 0 Å². The summed E-state index contributed by atoms with van der Waals surface area (Å²) in [6.07, 6.45) is 0. The minimum Gasteiger partial charge on any atom is -0.508 e. The smallest absolute Gasteiger partial charge is 0.340 e. The van der Waals surface area contributed by atoms with Gasteiger partial charge in [0.05, 0.1) is 11.5 Å². The van der Waals surface area contributed by atoms with Gasteiger partial charge in [-0.1, -0.05) is 13.0 Å². The number of amides is 3. The Labute approximate surface area is 293 Å². The number of nitrogens with one attached hydrogen (secondary N) is 3. The number of ether oxygens (including phenoxy) is 2. The third-order valence-electron chi connectivity index (χ3n) is 9.04. The molecule has 4 aromatic rings. The highest BCUT2D eigenvalue weighted by atomic mass is 16.6. The summed E-state index contributed by atoms with van der Waals surface area (Å²) in [5.41, 5.74) is 0.697. The summed E-state index contributed by atoms with van der Waals surface area (Å²) < 4.78 is 12.1. The minimum absolute atomic E-state index is 0.0115. The van der Waals surface area contributed by atoms with Gasteiger partial charge in [0.1, 0.15) is 28.7 Å². The Morgan fingerprint density at radius 3 is 1.96 bits per heavy atom. The van der Waals surface area contributed by atoms with Crippen LogP contribution in [0.2, 0.25) is 0 Å². The highest BCUT2D eigenvalue weighted by Gasteiger charge is 2.53. The van der Waals surface area contributed by atoms with Crippen LogP contribution in [0.1, 0.15) is 61.6 Å². The molecule has 4 aromatic carbocycles. The lowest BCUT2D eigenvalue weighted by atomic mass is 9.77. The van der Waals surface area contributed by atoms with Gasteiger partial charge >= 0.3 is 5.97 Å². The number of nitrogens with zero attached hydrogens (tertiary/aromatic N) is 1. The summed E-state index contributed by atoms with van der Waals surface area (Å²) in [7, 11) is 0. The number of aromatic hydroxyl groups is 3. The fourth-order valence-corrected chi connectivity index (χ4v) is 6.46. The second-order valence-corrected chi connectivity index (χ2v) is 12.3. The number of hydrogen-bond acceptors (Lipinski definition) is 10. The van der Waals surface area contributed by atoms with Crippen molar-refractivity contribution >= 4 is 23.7 Å². The predicted molar refractivity (Wildman–Crippen MR) is 185 cm³/mol. The Morgan fingerprint density at radius 1 is 0.745 bits per heavy atom. The zero-order valence-electron chi connectivity index (χ0n) is 28.1. The lowest BCUT2D eigenvalue weighted by Crippen LogP contribution is -2.46. The Balaban J connectivity index is 1.17. The van der Waals surface area contributed by atoms with E-state index in [4.69, 9.17) is 9.47 Å². The van der Waals surface area contributed by atoms with Crippen LogP contribution in [0, 0.1) is 5.92 Å². The average Bonchev–Trinajstić information content (AvgIpc) is 3.40. The summed E-state index contributed by atoms with van der Waals surface area (Å²) in [5.74, 6) is -1.87. The molecule has 2 heterocycles. The number of esters is 1. The molecule has 0 aliphatic carbocycles. The topological polar surface area (TPSA) is 187 Å². The van der Waals surface area contributed by atoms with Gasteiger partial charge < -0.3 is 45.6 Å². The number of carbonyl (C=O) groups excluding carboxylic acids is 4. The van der Waals surface area contributed by atoms with Crippen molar-refractivity contribution in [2.24, 2.45) is 5.92 Å². The zero-order chi connectivity index (χ0) is 36.3. The normalized spacial score (nSPS) is 14.1. The molecule has 2 aliphatic rings. The van der Waals surface area contributed by atoms with Crippen molar-refractivity contribution in [3.05, 3.63) is 112 Å². The molecule has 0 saturated carbocycles. The van der Waals surface area contributed by atoms with Gasteiger partial charge in [0, 0.05) is 72.7 Å². The molecule has 3 amide bonds. The summed E-state index contributed by atoms with van der Waals surface area (Å²) >= 11 is 0. The van der Waals surface area contributed by atoms with Gasteiger partial charge in [-0.25, -0.2) is 4.79 Å². The third kappa shape index (κ3) is 6.88. The third-order valence-corrected chi connectivity index (χ3v) is 9.04. The summed E-state index contributed by atoms with van der Waals surface area (Å²) in [6.45, 7) is 5.83. The largest absolute Gasteiger partial charge is 0.508 e. The number of benzene rings is 4. The number of fused-ring (bicyclic) bond motifs is 6. The Hall–Kier alpha value is -6.08. The van der Waals surface area contributed by atoms with Crippen molar-refractivity contribution in [3.8, 4) is 28.7 Å².